The normalized spacial score (nSPS) is 11.9. The molecule has 0 fully saturated rings. The number of rotatable bonds is 5. The van der Waals surface area contributed by atoms with Crippen LogP contribution >= 0.6 is 0 Å². The standard InChI is InChI=1S/C15H19N3O/c1-4-11(2)12-5-7-13(8-6-12)19-15-9-14(16-3)17-10-18-15/h5-11H,4H2,1-3H3,(H,16,17,18). The maximum atomic E-state index is 5.70. The number of ether oxygens (including phenoxy) is 1. The summed E-state index contributed by atoms with van der Waals surface area (Å²) in [5.41, 5.74) is 1.33. The van der Waals surface area contributed by atoms with Crippen molar-refractivity contribution < 1.29 is 4.74 Å². The third-order valence-corrected chi connectivity index (χ3v) is 3.18. The van der Waals surface area contributed by atoms with E-state index in [9.17, 15) is 0 Å². The molecule has 0 saturated heterocycles. The van der Waals surface area contributed by atoms with E-state index in [1.165, 1.54) is 11.9 Å². The third-order valence-electron chi connectivity index (χ3n) is 3.18. The summed E-state index contributed by atoms with van der Waals surface area (Å²) in [5.74, 6) is 2.63. The summed E-state index contributed by atoms with van der Waals surface area (Å²) in [6, 6.07) is 9.92. The zero-order valence-electron chi connectivity index (χ0n) is 11.6. The molecular weight excluding hydrogens is 238 g/mol. The Morgan fingerprint density at radius 1 is 1.21 bits per heavy atom. The second-order valence-corrected chi connectivity index (χ2v) is 4.47. The van der Waals surface area contributed by atoms with Gasteiger partial charge in [0.25, 0.3) is 0 Å². The van der Waals surface area contributed by atoms with E-state index in [2.05, 4.69) is 41.3 Å². The molecule has 1 heterocycles. The van der Waals surface area contributed by atoms with Crippen LogP contribution in [0.2, 0.25) is 0 Å². The molecule has 2 aromatic rings. The van der Waals surface area contributed by atoms with Crippen LogP contribution in [-0.2, 0) is 0 Å². The Labute approximate surface area is 113 Å². The predicted octanol–water partition coefficient (Wildman–Crippen LogP) is 3.82. The van der Waals surface area contributed by atoms with Crippen LogP contribution in [0.5, 0.6) is 11.6 Å². The highest BCUT2D eigenvalue weighted by molar-refractivity contribution is 5.38. The molecule has 0 aliphatic rings. The molecule has 1 atom stereocenters. The zero-order chi connectivity index (χ0) is 13.7. The lowest BCUT2D eigenvalue weighted by Crippen LogP contribution is -1.95. The van der Waals surface area contributed by atoms with Gasteiger partial charge in [-0.3, -0.25) is 0 Å². The molecule has 1 N–H and O–H groups in total. The summed E-state index contributed by atoms with van der Waals surface area (Å²) < 4.78 is 5.70. The van der Waals surface area contributed by atoms with Gasteiger partial charge >= 0.3 is 0 Å². The van der Waals surface area contributed by atoms with E-state index in [-0.39, 0.29) is 0 Å². The first-order valence-electron chi connectivity index (χ1n) is 6.50. The Balaban J connectivity index is 2.10. The average molecular weight is 257 g/mol. The van der Waals surface area contributed by atoms with Gasteiger partial charge in [0.1, 0.15) is 17.9 Å². The second-order valence-electron chi connectivity index (χ2n) is 4.47. The molecule has 0 amide bonds. The highest BCUT2D eigenvalue weighted by Crippen LogP contribution is 2.24. The lowest BCUT2D eigenvalue weighted by molar-refractivity contribution is 0.461. The monoisotopic (exact) mass is 257 g/mol. The fourth-order valence-electron chi connectivity index (χ4n) is 1.75. The Kier molecular flexibility index (Phi) is 4.34. The van der Waals surface area contributed by atoms with Crippen LogP contribution in [0.4, 0.5) is 5.82 Å². The van der Waals surface area contributed by atoms with Crippen molar-refractivity contribution >= 4 is 5.82 Å². The van der Waals surface area contributed by atoms with Gasteiger partial charge in [0.2, 0.25) is 5.88 Å². The summed E-state index contributed by atoms with van der Waals surface area (Å²) in [7, 11) is 1.81. The average Bonchev–Trinajstić information content (AvgIpc) is 2.47. The summed E-state index contributed by atoms with van der Waals surface area (Å²) in [6.45, 7) is 4.41. The summed E-state index contributed by atoms with van der Waals surface area (Å²) in [5, 5.41) is 2.95. The number of hydrogen-bond acceptors (Lipinski definition) is 4. The van der Waals surface area contributed by atoms with E-state index in [4.69, 9.17) is 4.74 Å². The molecule has 2 rings (SSSR count). The fourth-order valence-corrected chi connectivity index (χ4v) is 1.75. The molecule has 1 aromatic heterocycles. The first-order chi connectivity index (χ1) is 9.22. The lowest BCUT2D eigenvalue weighted by atomic mass is 9.99. The van der Waals surface area contributed by atoms with Crippen molar-refractivity contribution in [3.05, 3.63) is 42.2 Å². The van der Waals surface area contributed by atoms with Crippen LogP contribution in [0, 0.1) is 0 Å². The Hall–Kier alpha value is -2.10. The van der Waals surface area contributed by atoms with E-state index in [1.54, 1.807) is 6.07 Å². The third kappa shape index (κ3) is 3.44. The molecular formula is C15H19N3O. The molecule has 4 heteroatoms. The number of nitrogens with one attached hydrogen (secondary N) is 1. The first-order valence-corrected chi connectivity index (χ1v) is 6.50. The van der Waals surface area contributed by atoms with E-state index in [1.807, 2.05) is 19.2 Å². The Morgan fingerprint density at radius 3 is 2.58 bits per heavy atom. The predicted molar refractivity (Wildman–Crippen MR) is 76.8 cm³/mol. The first kappa shape index (κ1) is 13.3. The van der Waals surface area contributed by atoms with Gasteiger partial charge in [0.15, 0.2) is 0 Å². The molecule has 0 aliphatic heterocycles. The van der Waals surface area contributed by atoms with Gasteiger partial charge in [0, 0.05) is 13.1 Å². The number of nitrogens with zero attached hydrogens (tertiary/aromatic N) is 2. The molecule has 1 aromatic carbocycles. The summed E-state index contributed by atoms with van der Waals surface area (Å²) in [4.78, 5) is 8.13. The molecule has 0 bridgehead atoms. The van der Waals surface area contributed by atoms with Gasteiger partial charge in [0.05, 0.1) is 0 Å². The summed E-state index contributed by atoms with van der Waals surface area (Å²) in [6.07, 6.45) is 2.62. The van der Waals surface area contributed by atoms with E-state index in [0.29, 0.717) is 11.8 Å². The number of benzene rings is 1. The van der Waals surface area contributed by atoms with Crippen molar-refractivity contribution in [3.8, 4) is 11.6 Å². The van der Waals surface area contributed by atoms with Crippen molar-refractivity contribution in [1.82, 2.24) is 9.97 Å². The van der Waals surface area contributed by atoms with E-state index < -0.39 is 0 Å². The lowest BCUT2D eigenvalue weighted by Gasteiger charge is -2.10. The molecule has 0 saturated carbocycles. The van der Waals surface area contributed by atoms with Crippen LogP contribution in [0.25, 0.3) is 0 Å². The van der Waals surface area contributed by atoms with E-state index in [0.717, 1.165) is 18.0 Å². The minimum atomic E-state index is 0.538. The largest absolute Gasteiger partial charge is 0.439 e. The van der Waals surface area contributed by atoms with Gasteiger partial charge in [-0.2, -0.15) is 0 Å². The molecule has 0 spiro atoms. The highest BCUT2D eigenvalue weighted by atomic mass is 16.5. The van der Waals surface area contributed by atoms with Gasteiger partial charge in [-0.05, 0) is 30.0 Å². The van der Waals surface area contributed by atoms with Crippen LogP contribution in [0.1, 0.15) is 31.7 Å². The van der Waals surface area contributed by atoms with Gasteiger partial charge in [-0.25, -0.2) is 9.97 Å². The van der Waals surface area contributed by atoms with Crippen molar-refractivity contribution in [1.29, 1.82) is 0 Å². The number of anilines is 1. The second kappa shape index (κ2) is 6.18. The zero-order valence-corrected chi connectivity index (χ0v) is 11.6. The van der Waals surface area contributed by atoms with Crippen LogP contribution in [0.15, 0.2) is 36.7 Å². The summed E-state index contributed by atoms with van der Waals surface area (Å²) >= 11 is 0. The molecule has 100 valence electrons. The molecule has 1 unspecified atom stereocenters. The van der Waals surface area contributed by atoms with Crippen LogP contribution < -0.4 is 10.1 Å². The molecule has 0 radical (unpaired) electrons. The van der Waals surface area contributed by atoms with Crippen LogP contribution in [0.3, 0.4) is 0 Å². The van der Waals surface area contributed by atoms with Gasteiger partial charge in [-0.1, -0.05) is 26.0 Å². The van der Waals surface area contributed by atoms with Crippen LogP contribution in [-0.4, -0.2) is 17.0 Å². The van der Waals surface area contributed by atoms with Crippen molar-refractivity contribution in [2.45, 2.75) is 26.2 Å². The van der Waals surface area contributed by atoms with Crippen molar-refractivity contribution in [2.75, 3.05) is 12.4 Å². The minimum Gasteiger partial charge on any atom is -0.439 e. The fraction of sp³-hybridized carbons (Fsp3) is 0.333. The Bertz CT molecular complexity index is 525. The van der Waals surface area contributed by atoms with E-state index >= 15 is 0 Å². The molecule has 4 nitrogen and oxygen atoms in total. The molecule has 0 aliphatic carbocycles. The smallest absolute Gasteiger partial charge is 0.224 e. The van der Waals surface area contributed by atoms with Gasteiger partial charge in [-0.15, -0.1) is 0 Å². The highest BCUT2D eigenvalue weighted by Gasteiger charge is 2.04. The van der Waals surface area contributed by atoms with Crippen molar-refractivity contribution in [2.24, 2.45) is 0 Å². The number of aromatic nitrogens is 2. The maximum absolute atomic E-state index is 5.70. The molecule has 19 heavy (non-hydrogen) atoms. The quantitative estimate of drug-likeness (QED) is 0.884. The maximum Gasteiger partial charge on any atom is 0.224 e. The number of hydrogen-bond donors (Lipinski definition) is 1. The minimum absolute atomic E-state index is 0.538. The van der Waals surface area contributed by atoms with Gasteiger partial charge < -0.3 is 10.1 Å². The Morgan fingerprint density at radius 2 is 1.95 bits per heavy atom. The SMILES string of the molecule is CCC(C)c1ccc(Oc2cc(NC)ncn2)cc1. The van der Waals surface area contributed by atoms with Crippen molar-refractivity contribution in [3.63, 3.8) is 0 Å². The topological polar surface area (TPSA) is 47.0 Å².